The maximum atomic E-state index is 13.1. The van der Waals surface area contributed by atoms with Crippen LogP contribution in [0.25, 0.3) is 0 Å². The van der Waals surface area contributed by atoms with Gasteiger partial charge in [-0.1, -0.05) is 30.3 Å². The van der Waals surface area contributed by atoms with Crippen molar-refractivity contribution >= 4 is 15.9 Å². The quantitative estimate of drug-likeness (QED) is 0.580. The predicted molar refractivity (Wildman–Crippen MR) is 66.9 cm³/mol. The van der Waals surface area contributed by atoms with E-state index >= 15 is 0 Å². The highest BCUT2D eigenvalue weighted by atomic mass is 79.9. The standard InChI is InChI=1S/C12H13BrF4O3/c13-12(16,17)11(14,15)10(19)9(18)7-20-6-8-4-2-1-3-5-8/h1-5,9-10,18-19H,6-7H2/t9-,10+/m0/s1. The Kier molecular flexibility index (Phi) is 5.93. The van der Waals surface area contributed by atoms with Crippen LogP contribution in [-0.2, 0) is 11.3 Å². The van der Waals surface area contributed by atoms with Crippen molar-refractivity contribution in [3.05, 3.63) is 35.9 Å². The molecule has 0 radical (unpaired) electrons. The molecule has 0 saturated heterocycles. The second-order valence-corrected chi connectivity index (χ2v) is 5.13. The molecule has 0 aliphatic rings. The Hall–Kier alpha value is -0.700. The van der Waals surface area contributed by atoms with Crippen LogP contribution in [0.4, 0.5) is 17.6 Å². The lowest BCUT2D eigenvalue weighted by atomic mass is 10.1. The molecule has 1 aromatic carbocycles. The van der Waals surface area contributed by atoms with E-state index in [1.54, 1.807) is 30.3 Å². The van der Waals surface area contributed by atoms with Crippen LogP contribution in [0.5, 0.6) is 0 Å². The third-order valence-electron chi connectivity index (χ3n) is 2.51. The molecular formula is C12H13BrF4O3. The summed E-state index contributed by atoms with van der Waals surface area (Å²) in [4.78, 5) is -4.63. The summed E-state index contributed by atoms with van der Waals surface area (Å²) in [5.41, 5.74) is 0.715. The minimum absolute atomic E-state index is 0.000890. The van der Waals surface area contributed by atoms with E-state index in [0.29, 0.717) is 5.56 Å². The number of hydrogen-bond acceptors (Lipinski definition) is 3. The van der Waals surface area contributed by atoms with Gasteiger partial charge < -0.3 is 14.9 Å². The van der Waals surface area contributed by atoms with Crippen molar-refractivity contribution in [1.82, 2.24) is 0 Å². The molecular weight excluding hydrogens is 348 g/mol. The van der Waals surface area contributed by atoms with E-state index in [0.717, 1.165) is 0 Å². The number of benzene rings is 1. The zero-order valence-corrected chi connectivity index (χ0v) is 11.7. The summed E-state index contributed by atoms with van der Waals surface area (Å²) < 4.78 is 56.1. The molecule has 114 valence electrons. The van der Waals surface area contributed by atoms with Gasteiger partial charge in [-0.25, -0.2) is 0 Å². The van der Waals surface area contributed by atoms with Crippen LogP contribution in [0.15, 0.2) is 30.3 Å². The molecule has 1 rings (SSSR count). The van der Waals surface area contributed by atoms with E-state index in [1.807, 2.05) is 0 Å². The molecule has 0 saturated carbocycles. The highest BCUT2D eigenvalue weighted by Crippen LogP contribution is 2.42. The van der Waals surface area contributed by atoms with Crippen molar-refractivity contribution in [2.75, 3.05) is 6.61 Å². The maximum Gasteiger partial charge on any atom is 0.366 e. The van der Waals surface area contributed by atoms with E-state index in [9.17, 15) is 22.7 Å². The Morgan fingerprint density at radius 1 is 1.10 bits per heavy atom. The van der Waals surface area contributed by atoms with Crippen LogP contribution in [0.1, 0.15) is 5.56 Å². The van der Waals surface area contributed by atoms with Gasteiger partial charge in [-0.05, 0) is 21.5 Å². The van der Waals surface area contributed by atoms with Crippen molar-refractivity contribution in [3.8, 4) is 0 Å². The van der Waals surface area contributed by atoms with Gasteiger partial charge in [0.2, 0.25) is 0 Å². The predicted octanol–water partition coefficient (Wildman–Crippen LogP) is 2.55. The summed E-state index contributed by atoms with van der Waals surface area (Å²) in [6, 6.07) is 8.61. The minimum atomic E-state index is -4.82. The molecule has 0 bridgehead atoms. The summed E-state index contributed by atoms with van der Waals surface area (Å²) in [6.07, 6.45) is -5.09. The van der Waals surface area contributed by atoms with E-state index < -0.39 is 29.6 Å². The number of aliphatic hydroxyl groups is 2. The third kappa shape index (κ3) is 4.41. The Balaban J connectivity index is 2.48. The molecule has 1 aromatic rings. The van der Waals surface area contributed by atoms with Crippen LogP contribution in [-0.4, -0.2) is 39.8 Å². The topological polar surface area (TPSA) is 49.7 Å². The molecule has 8 heteroatoms. The first-order valence-corrected chi connectivity index (χ1v) is 6.38. The zero-order valence-electron chi connectivity index (χ0n) is 10.1. The number of aliphatic hydroxyl groups excluding tert-OH is 2. The molecule has 2 atom stereocenters. The highest BCUT2D eigenvalue weighted by molar-refractivity contribution is 9.10. The van der Waals surface area contributed by atoms with Crippen LogP contribution in [0, 0.1) is 0 Å². The summed E-state index contributed by atoms with van der Waals surface area (Å²) in [5, 5.41) is 18.4. The van der Waals surface area contributed by atoms with Crippen molar-refractivity contribution < 1.29 is 32.5 Å². The highest BCUT2D eigenvalue weighted by Gasteiger charge is 2.61. The molecule has 0 amide bonds. The molecule has 0 unspecified atom stereocenters. The van der Waals surface area contributed by atoms with Crippen LogP contribution in [0.3, 0.4) is 0 Å². The lowest BCUT2D eigenvalue weighted by molar-refractivity contribution is -0.233. The molecule has 0 spiro atoms. The largest absolute Gasteiger partial charge is 0.388 e. The van der Waals surface area contributed by atoms with E-state index in [4.69, 9.17) is 9.84 Å². The molecule has 2 N–H and O–H groups in total. The van der Waals surface area contributed by atoms with Crippen LogP contribution >= 0.6 is 15.9 Å². The lowest BCUT2D eigenvalue weighted by Crippen LogP contribution is -2.52. The zero-order chi connectivity index (χ0) is 15.4. The van der Waals surface area contributed by atoms with Gasteiger partial charge in [-0.2, -0.15) is 17.6 Å². The van der Waals surface area contributed by atoms with Gasteiger partial charge >= 0.3 is 10.8 Å². The fourth-order valence-electron chi connectivity index (χ4n) is 1.37. The van der Waals surface area contributed by atoms with Crippen LogP contribution in [0.2, 0.25) is 0 Å². The Labute approximate surface area is 121 Å². The van der Waals surface area contributed by atoms with Crippen molar-refractivity contribution in [3.63, 3.8) is 0 Å². The second kappa shape index (κ2) is 6.84. The second-order valence-electron chi connectivity index (χ2n) is 4.13. The van der Waals surface area contributed by atoms with Crippen molar-refractivity contribution in [2.45, 2.75) is 29.6 Å². The molecule has 0 heterocycles. The van der Waals surface area contributed by atoms with Gasteiger partial charge in [-0.3, -0.25) is 0 Å². The Morgan fingerprint density at radius 3 is 2.15 bits per heavy atom. The monoisotopic (exact) mass is 360 g/mol. The normalized spacial score (nSPS) is 15.9. The summed E-state index contributed by atoms with van der Waals surface area (Å²) >= 11 is 1.48. The van der Waals surface area contributed by atoms with E-state index in [1.165, 1.54) is 15.9 Å². The number of rotatable bonds is 7. The number of hydrogen-bond donors (Lipinski definition) is 2. The van der Waals surface area contributed by atoms with Gasteiger partial charge in [0, 0.05) is 0 Å². The average molecular weight is 361 g/mol. The molecule has 3 nitrogen and oxygen atoms in total. The Morgan fingerprint density at radius 2 is 1.65 bits per heavy atom. The van der Waals surface area contributed by atoms with E-state index in [2.05, 4.69) is 0 Å². The van der Waals surface area contributed by atoms with Gasteiger partial charge in [0.15, 0.2) is 6.10 Å². The summed E-state index contributed by atoms with van der Waals surface area (Å²) in [5.74, 6) is -4.82. The van der Waals surface area contributed by atoms with Crippen molar-refractivity contribution in [1.29, 1.82) is 0 Å². The van der Waals surface area contributed by atoms with Crippen molar-refractivity contribution in [2.24, 2.45) is 0 Å². The fraction of sp³-hybridized carbons (Fsp3) is 0.500. The molecule has 0 aromatic heterocycles. The first-order valence-electron chi connectivity index (χ1n) is 5.58. The van der Waals surface area contributed by atoms with E-state index in [-0.39, 0.29) is 6.61 Å². The molecule has 20 heavy (non-hydrogen) atoms. The SMILES string of the molecule is O[C@H]([C@@H](O)COCc1ccccc1)C(F)(F)C(F)(F)Br. The summed E-state index contributed by atoms with van der Waals surface area (Å²) in [6.45, 7) is -0.699. The molecule has 0 aliphatic carbocycles. The molecule has 0 aliphatic heterocycles. The first-order chi connectivity index (χ1) is 9.16. The van der Waals surface area contributed by atoms with Gasteiger partial charge in [-0.15, -0.1) is 0 Å². The summed E-state index contributed by atoms with van der Waals surface area (Å²) in [7, 11) is 0. The lowest BCUT2D eigenvalue weighted by Gasteiger charge is -2.29. The number of ether oxygens (including phenoxy) is 1. The van der Waals surface area contributed by atoms with Gasteiger partial charge in [0.05, 0.1) is 13.2 Å². The Bertz CT molecular complexity index is 411. The fourth-order valence-corrected chi connectivity index (χ4v) is 1.61. The number of halogens is 5. The maximum absolute atomic E-state index is 13.1. The minimum Gasteiger partial charge on any atom is -0.388 e. The first kappa shape index (κ1) is 17.4. The number of alkyl halides is 5. The average Bonchev–Trinajstić information content (AvgIpc) is 2.37. The van der Waals surface area contributed by atoms with Gasteiger partial charge in [0.1, 0.15) is 6.10 Å². The van der Waals surface area contributed by atoms with Gasteiger partial charge in [0.25, 0.3) is 0 Å². The smallest absolute Gasteiger partial charge is 0.366 e. The van der Waals surface area contributed by atoms with Crippen LogP contribution < -0.4 is 0 Å². The third-order valence-corrected chi connectivity index (χ3v) is 3.04. The molecule has 0 fully saturated rings.